The van der Waals surface area contributed by atoms with Crippen molar-refractivity contribution in [1.29, 1.82) is 0 Å². The van der Waals surface area contributed by atoms with Crippen molar-refractivity contribution >= 4 is 46.2 Å². The third kappa shape index (κ3) is 5.50. The molecule has 150 valence electrons. The highest BCUT2D eigenvalue weighted by atomic mass is 35.5. The predicted octanol–water partition coefficient (Wildman–Crippen LogP) is 5.53. The first-order valence-electron chi connectivity index (χ1n) is 8.62. The molecule has 0 amide bonds. The summed E-state index contributed by atoms with van der Waals surface area (Å²) in [6.45, 7) is 3.59. The molecule has 0 aromatic heterocycles. The van der Waals surface area contributed by atoms with Crippen LogP contribution < -0.4 is 5.32 Å². The Morgan fingerprint density at radius 1 is 1.04 bits per heavy atom. The van der Waals surface area contributed by atoms with Gasteiger partial charge in [-0.15, -0.1) is 0 Å². The Kier molecular flexibility index (Phi) is 6.70. The van der Waals surface area contributed by atoms with Gasteiger partial charge in [-0.3, -0.25) is 4.90 Å². The zero-order valence-corrected chi connectivity index (χ0v) is 17.1. The van der Waals surface area contributed by atoms with Gasteiger partial charge < -0.3 is 10.2 Å². The largest absolute Gasteiger partial charge is 0.416 e. The Bertz CT molecular complexity index is 853. The second kappa shape index (κ2) is 8.86. The monoisotopic (exact) mass is 447 g/mol. The maximum absolute atomic E-state index is 12.8. The molecule has 0 spiro atoms. The summed E-state index contributed by atoms with van der Waals surface area (Å²) in [6.07, 6.45) is -4.38. The lowest BCUT2D eigenvalue weighted by molar-refractivity contribution is -0.137. The van der Waals surface area contributed by atoms with Gasteiger partial charge in [0.2, 0.25) is 0 Å². The lowest BCUT2D eigenvalue weighted by atomic mass is 10.2. The number of hydrogen-bond donors (Lipinski definition) is 1. The number of halogens is 5. The molecule has 28 heavy (non-hydrogen) atoms. The fourth-order valence-corrected chi connectivity index (χ4v) is 3.74. The number of thiocarbonyl (C=S) groups is 1. The van der Waals surface area contributed by atoms with Crippen molar-refractivity contribution in [1.82, 2.24) is 9.80 Å². The van der Waals surface area contributed by atoms with E-state index in [-0.39, 0.29) is 0 Å². The van der Waals surface area contributed by atoms with E-state index in [1.807, 2.05) is 17.0 Å². The van der Waals surface area contributed by atoms with Gasteiger partial charge in [0.1, 0.15) is 0 Å². The normalized spacial score (nSPS) is 15.5. The number of nitrogens with zero attached hydrogens (tertiary/aromatic N) is 2. The molecular weight excluding hydrogens is 430 g/mol. The average molecular weight is 448 g/mol. The molecule has 2 aromatic rings. The van der Waals surface area contributed by atoms with E-state index < -0.39 is 11.7 Å². The van der Waals surface area contributed by atoms with Crippen LogP contribution in [-0.2, 0) is 12.7 Å². The van der Waals surface area contributed by atoms with Gasteiger partial charge >= 0.3 is 6.18 Å². The molecule has 1 heterocycles. The molecule has 0 radical (unpaired) electrons. The van der Waals surface area contributed by atoms with E-state index in [1.54, 1.807) is 12.1 Å². The minimum absolute atomic E-state index is 0.329. The topological polar surface area (TPSA) is 18.5 Å². The van der Waals surface area contributed by atoms with Crippen molar-refractivity contribution in [3.63, 3.8) is 0 Å². The van der Waals surface area contributed by atoms with Crippen LogP contribution in [-0.4, -0.2) is 41.1 Å². The zero-order valence-electron chi connectivity index (χ0n) is 14.8. The molecule has 1 saturated heterocycles. The van der Waals surface area contributed by atoms with Gasteiger partial charge in [0.25, 0.3) is 0 Å². The highest BCUT2D eigenvalue weighted by molar-refractivity contribution is 7.80. The Hall–Kier alpha value is -1.54. The van der Waals surface area contributed by atoms with Crippen LogP contribution >= 0.6 is 35.4 Å². The standard InChI is InChI=1S/C19H18Cl2F3N3S/c20-15-5-4-13(17(21)11-15)12-26-6-8-27(9-7-26)18(28)25-16-3-1-2-14(10-16)19(22,23)24/h1-5,10-11H,6-9,12H2,(H,25,28). The molecule has 0 aliphatic carbocycles. The first-order chi connectivity index (χ1) is 13.2. The zero-order chi connectivity index (χ0) is 20.3. The second-order valence-corrected chi connectivity index (χ2v) is 7.74. The highest BCUT2D eigenvalue weighted by Gasteiger charge is 2.30. The van der Waals surface area contributed by atoms with Crippen molar-refractivity contribution in [2.24, 2.45) is 0 Å². The summed E-state index contributed by atoms with van der Waals surface area (Å²) in [5.41, 5.74) is 0.629. The van der Waals surface area contributed by atoms with Crippen molar-refractivity contribution in [2.45, 2.75) is 12.7 Å². The van der Waals surface area contributed by atoms with E-state index in [1.165, 1.54) is 6.07 Å². The van der Waals surface area contributed by atoms with Gasteiger partial charge in [0, 0.05) is 48.5 Å². The molecule has 0 atom stereocenters. The van der Waals surface area contributed by atoms with Gasteiger partial charge in [-0.05, 0) is 48.1 Å². The summed E-state index contributed by atoms with van der Waals surface area (Å²) >= 11 is 17.5. The van der Waals surface area contributed by atoms with Crippen molar-refractivity contribution in [3.8, 4) is 0 Å². The Morgan fingerprint density at radius 2 is 1.75 bits per heavy atom. The number of piperazine rings is 1. The van der Waals surface area contributed by atoms with Crippen LogP contribution in [0.2, 0.25) is 10.0 Å². The number of alkyl halides is 3. The van der Waals surface area contributed by atoms with Crippen LogP contribution in [0.4, 0.5) is 18.9 Å². The molecular formula is C19H18Cl2F3N3S. The molecule has 2 aromatic carbocycles. The summed E-state index contributed by atoms with van der Waals surface area (Å²) in [5.74, 6) is 0. The number of benzene rings is 2. The molecule has 1 N–H and O–H groups in total. The van der Waals surface area contributed by atoms with E-state index in [2.05, 4.69) is 10.2 Å². The summed E-state index contributed by atoms with van der Waals surface area (Å²) in [5, 5.41) is 4.56. The van der Waals surface area contributed by atoms with Crippen LogP contribution in [0.25, 0.3) is 0 Å². The number of nitrogens with one attached hydrogen (secondary N) is 1. The Morgan fingerprint density at radius 3 is 2.39 bits per heavy atom. The minimum Gasteiger partial charge on any atom is -0.346 e. The van der Waals surface area contributed by atoms with Crippen LogP contribution in [0.3, 0.4) is 0 Å². The van der Waals surface area contributed by atoms with Crippen LogP contribution in [0.15, 0.2) is 42.5 Å². The van der Waals surface area contributed by atoms with Gasteiger partial charge in [-0.25, -0.2) is 0 Å². The quantitative estimate of drug-likeness (QED) is 0.623. The maximum Gasteiger partial charge on any atom is 0.416 e. The van der Waals surface area contributed by atoms with E-state index in [0.29, 0.717) is 40.5 Å². The average Bonchev–Trinajstić information content (AvgIpc) is 2.64. The summed E-state index contributed by atoms with van der Waals surface area (Å²) in [7, 11) is 0. The van der Waals surface area contributed by atoms with E-state index in [9.17, 15) is 13.2 Å². The van der Waals surface area contributed by atoms with Crippen molar-refractivity contribution in [3.05, 3.63) is 63.6 Å². The SMILES string of the molecule is FC(F)(F)c1cccc(NC(=S)N2CCN(Cc3ccc(Cl)cc3Cl)CC2)c1. The minimum atomic E-state index is -4.38. The second-order valence-electron chi connectivity index (χ2n) is 6.51. The fraction of sp³-hybridized carbons (Fsp3) is 0.316. The lowest BCUT2D eigenvalue weighted by Gasteiger charge is -2.36. The van der Waals surface area contributed by atoms with Crippen LogP contribution in [0.1, 0.15) is 11.1 Å². The third-order valence-corrected chi connectivity index (χ3v) is 5.46. The lowest BCUT2D eigenvalue weighted by Crippen LogP contribution is -2.49. The number of hydrogen-bond acceptors (Lipinski definition) is 2. The van der Waals surface area contributed by atoms with Gasteiger partial charge in [0.15, 0.2) is 5.11 Å². The first kappa shape index (κ1) is 21.2. The third-order valence-electron chi connectivity index (χ3n) is 4.51. The predicted molar refractivity (Wildman–Crippen MR) is 111 cm³/mol. The maximum atomic E-state index is 12.8. The van der Waals surface area contributed by atoms with Crippen molar-refractivity contribution < 1.29 is 13.2 Å². The smallest absolute Gasteiger partial charge is 0.346 e. The van der Waals surface area contributed by atoms with Crippen molar-refractivity contribution in [2.75, 3.05) is 31.5 Å². The number of anilines is 1. The Balaban J connectivity index is 1.54. The summed E-state index contributed by atoms with van der Waals surface area (Å²) in [6, 6.07) is 10.5. The molecule has 1 aliphatic rings. The molecule has 9 heteroatoms. The molecule has 0 bridgehead atoms. The van der Waals surface area contributed by atoms with Gasteiger partial charge in [0.05, 0.1) is 5.56 Å². The molecule has 1 fully saturated rings. The summed E-state index contributed by atoms with van der Waals surface area (Å²) < 4.78 is 38.5. The van der Waals surface area contributed by atoms with Gasteiger partial charge in [-0.1, -0.05) is 35.3 Å². The van der Waals surface area contributed by atoms with E-state index in [0.717, 1.165) is 30.8 Å². The van der Waals surface area contributed by atoms with Crippen LogP contribution in [0.5, 0.6) is 0 Å². The molecule has 0 saturated carbocycles. The van der Waals surface area contributed by atoms with E-state index >= 15 is 0 Å². The van der Waals surface area contributed by atoms with E-state index in [4.69, 9.17) is 35.4 Å². The first-order valence-corrected chi connectivity index (χ1v) is 9.78. The molecule has 3 nitrogen and oxygen atoms in total. The highest BCUT2D eigenvalue weighted by Crippen LogP contribution is 2.30. The molecule has 0 unspecified atom stereocenters. The fourth-order valence-electron chi connectivity index (χ4n) is 2.98. The molecule has 3 rings (SSSR count). The Labute approximate surface area is 177 Å². The number of rotatable bonds is 3. The summed E-state index contributed by atoms with van der Waals surface area (Å²) in [4.78, 5) is 4.20. The van der Waals surface area contributed by atoms with Crippen LogP contribution in [0, 0.1) is 0 Å². The van der Waals surface area contributed by atoms with Gasteiger partial charge in [-0.2, -0.15) is 13.2 Å². The molecule has 1 aliphatic heterocycles.